The fourth-order valence-corrected chi connectivity index (χ4v) is 3.29. The van der Waals surface area contributed by atoms with Gasteiger partial charge in [-0.3, -0.25) is 0 Å². The van der Waals surface area contributed by atoms with E-state index in [1.54, 1.807) is 17.3 Å². The zero-order valence-electron chi connectivity index (χ0n) is 14.8. The van der Waals surface area contributed by atoms with Crippen LogP contribution in [-0.2, 0) is 6.54 Å². The Kier molecular flexibility index (Phi) is 4.89. The van der Waals surface area contributed by atoms with Crippen molar-refractivity contribution in [2.24, 2.45) is 5.10 Å². The van der Waals surface area contributed by atoms with Gasteiger partial charge in [-0.15, -0.1) is 10.2 Å². The molecule has 4 aromatic rings. The van der Waals surface area contributed by atoms with Crippen LogP contribution in [-0.4, -0.2) is 32.3 Å². The van der Waals surface area contributed by atoms with E-state index in [2.05, 4.69) is 38.9 Å². The summed E-state index contributed by atoms with van der Waals surface area (Å²) < 4.78 is 9.68. The number of ether oxygens (including phenoxy) is 1. The Morgan fingerprint density at radius 2 is 1.81 bits per heavy atom. The van der Waals surface area contributed by atoms with E-state index >= 15 is 0 Å². The smallest absolute Gasteiger partial charge is 0.141 e. The van der Waals surface area contributed by atoms with Gasteiger partial charge in [0.25, 0.3) is 0 Å². The van der Waals surface area contributed by atoms with E-state index in [1.807, 2.05) is 42.6 Å². The molecule has 0 radical (unpaired) electrons. The van der Waals surface area contributed by atoms with E-state index < -0.39 is 0 Å². The van der Waals surface area contributed by atoms with Gasteiger partial charge in [0.15, 0.2) is 0 Å². The summed E-state index contributed by atoms with van der Waals surface area (Å²) in [5.41, 5.74) is 3.33. The fourth-order valence-electron chi connectivity index (χ4n) is 3.10. The van der Waals surface area contributed by atoms with Crippen LogP contribution in [0.4, 0.5) is 0 Å². The van der Waals surface area contributed by atoms with Crippen molar-refractivity contribution in [3.8, 4) is 5.75 Å². The van der Waals surface area contributed by atoms with Crippen LogP contribution >= 0.6 is 11.6 Å². The number of fused-ring (bicyclic) bond motifs is 1. The highest BCUT2D eigenvalue weighted by molar-refractivity contribution is 6.32. The quantitative estimate of drug-likeness (QED) is 0.473. The van der Waals surface area contributed by atoms with Crippen molar-refractivity contribution in [3.05, 3.63) is 77.5 Å². The summed E-state index contributed by atoms with van der Waals surface area (Å²) in [7, 11) is 0. The average Bonchev–Trinajstić information content (AvgIpc) is 3.29. The molecule has 0 aliphatic rings. The van der Waals surface area contributed by atoms with E-state index in [9.17, 15) is 0 Å². The first kappa shape index (κ1) is 17.3. The molecule has 6 nitrogen and oxygen atoms in total. The minimum Gasteiger partial charge on any atom is -0.490 e. The molecular weight excluding hydrogens is 362 g/mol. The van der Waals surface area contributed by atoms with Gasteiger partial charge >= 0.3 is 0 Å². The molecule has 0 aliphatic heterocycles. The molecule has 0 atom stereocenters. The molecule has 0 N–H and O–H groups in total. The minimum absolute atomic E-state index is 0.519. The lowest BCUT2D eigenvalue weighted by Crippen LogP contribution is -2.10. The van der Waals surface area contributed by atoms with Crippen LogP contribution in [0.25, 0.3) is 10.9 Å². The number of nitrogens with zero attached hydrogens (tertiary/aromatic N) is 5. The fraction of sp³-hybridized carbons (Fsp3) is 0.150. The summed E-state index contributed by atoms with van der Waals surface area (Å²) in [5.74, 6) is 0.697. The molecule has 27 heavy (non-hydrogen) atoms. The van der Waals surface area contributed by atoms with E-state index in [4.69, 9.17) is 16.3 Å². The van der Waals surface area contributed by atoms with E-state index in [1.165, 1.54) is 0 Å². The molecule has 2 aromatic heterocycles. The Balaban J connectivity index is 1.61. The normalized spacial score (nSPS) is 11.5. The van der Waals surface area contributed by atoms with Crippen molar-refractivity contribution < 1.29 is 4.74 Å². The summed E-state index contributed by atoms with van der Waals surface area (Å²) in [4.78, 5) is 0. The van der Waals surface area contributed by atoms with Crippen molar-refractivity contribution in [3.63, 3.8) is 0 Å². The summed E-state index contributed by atoms with van der Waals surface area (Å²) >= 11 is 6.16. The minimum atomic E-state index is 0.519. The maximum Gasteiger partial charge on any atom is 0.141 e. The van der Waals surface area contributed by atoms with Crippen LogP contribution in [0.3, 0.4) is 0 Å². The van der Waals surface area contributed by atoms with Gasteiger partial charge in [-0.25, -0.2) is 4.68 Å². The topological polar surface area (TPSA) is 57.2 Å². The van der Waals surface area contributed by atoms with Crippen molar-refractivity contribution >= 4 is 28.7 Å². The van der Waals surface area contributed by atoms with E-state index in [0.717, 1.165) is 22.2 Å². The highest BCUT2D eigenvalue weighted by atomic mass is 35.5. The highest BCUT2D eigenvalue weighted by Gasteiger charge is 2.12. The van der Waals surface area contributed by atoms with Gasteiger partial charge in [0.05, 0.1) is 17.8 Å². The molecule has 2 heterocycles. The number of hydrogen-bond donors (Lipinski definition) is 0. The summed E-state index contributed by atoms with van der Waals surface area (Å²) in [6.45, 7) is 3.31. The molecule has 0 fully saturated rings. The van der Waals surface area contributed by atoms with Crippen LogP contribution in [0.15, 0.2) is 66.3 Å². The molecular formula is C20H18ClN5O. The van der Waals surface area contributed by atoms with Gasteiger partial charge in [0.1, 0.15) is 25.0 Å². The molecule has 0 spiro atoms. The van der Waals surface area contributed by atoms with Crippen molar-refractivity contribution in [1.82, 2.24) is 19.4 Å². The van der Waals surface area contributed by atoms with Crippen LogP contribution in [0.5, 0.6) is 5.75 Å². The zero-order valence-corrected chi connectivity index (χ0v) is 15.5. The molecule has 0 bridgehead atoms. The molecule has 2 aromatic carbocycles. The molecule has 4 rings (SSSR count). The lowest BCUT2D eigenvalue weighted by Gasteiger charge is -2.11. The van der Waals surface area contributed by atoms with Gasteiger partial charge in [0.2, 0.25) is 0 Å². The summed E-state index contributed by atoms with van der Waals surface area (Å²) in [6, 6.07) is 15.8. The predicted octanol–water partition coefficient (Wildman–Crippen LogP) is 4.16. The molecule has 0 aliphatic carbocycles. The van der Waals surface area contributed by atoms with Gasteiger partial charge in [-0.05, 0) is 25.1 Å². The van der Waals surface area contributed by atoms with Crippen LogP contribution in [0.2, 0.25) is 5.02 Å². The maximum absolute atomic E-state index is 6.16. The molecule has 136 valence electrons. The average molecular weight is 380 g/mol. The van der Waals surface area contributed by atoms with Gasteiger partial charge < -0.3 is 9.30 Å². The Morgan fingerprint density at radius 3 is 2.63 bits per heavy atom. The molecule has 0 unspecified atom stereocenters. The van der Waals surface area contributed by atoms with Crippen LogP contribution in [0.1, 0.15) is 11.3 Å². The molecule has 0 amide bonds. The van der Waals surface area contributed by atoms with E-state index in [0.29, 0.717) is 23.9 Å². The Bertz CT molecular complexity index is 1090. The largest absolute Gasteiger partial charge is 0.490 e. The number of halogens is 1. The monoisotopic (exact) mass is 379 g/mol. The Labute approximate surface area is 161 Å². The van der Waals surface area contributed by atoms with Gasteiger partial charge in [-0.1, -0.05) is 41.9 Å². The predicted molar refractivity (Wildman–Crippen MR) is 107 cm³/mol. The van der Waals surface area contributed by atoms with Crippen LogP contribution < -0.4 is 4.74 Å². The highest BCUT2D eigenvalue weighted by Crippen LogP contribution is 2.26. The van der Waals surface area contributed by atoms with E-state index in [-0.39, 0.29) is 0 Å². The number of hydrogen-bond acceptors (Lipinski definition) is 4. The van der Waals surface area contributed by atoms with Crippen molar-refractivity contribution in [2.75, 3.05) is 6.61 Å². The number of para-hydroxylation sites is 2. The second-order valence-corrected chi connectivity index (χ2v) is 6.44. The lowest BCUT2D eigenvalue weighted by atomic mass is 10.1. The third-order valence-electron chi connectivity index (χ3n) is 4.42. The van der Waals surface area contributed by atoms with Crippen molar-refractivity contribution in [1.29, 1.82) is 0 Å². The third-order valence-corrected chi connectivity index (χ3v) is 4.73. The lowest BCUT2D eigenvalue weighted by molar-refractivity contribution is 0.299. The second-order valence-electron chi connectivity index (χ2n) is 6.03. The Morgan fingerprint density at radius 1 is 1.07 bits per heavy atom. The first-order valence-corrected chi connectivity index (χ1v) is 8.96. The van der Waals surface area contributed by atoms with Gasteiger partial charge in [0, 0.05) is 22.2 Å². The standard InChI is InChI=1S/C20H18ClN5O/c1-15-17(12-24-25-13-22-23-14-25)16-6-2-4-8-19(16)26(15)10-11-27-20-9-5-3-7-18(20)21/h2-9,12-14H,10-11H2,1H3. The summed E-state index contributed by atoms with van der Waals surface area (Å²) in [6.07, 6.45) is 4.96. The van der Waals surface area contributed by atoms with Crippen LogP contribution in [0, 0.1) is 6.92 Å². The first-order valence-electron chi connectivity index (χ1n) is 8.58. The molecule has 0 saturated heterocycles. The molecule has 7 heteroatoms. The SMILES string of the molecule is Cc1c(C=Nn2cnnc2)c2ccccc2n1CCOc1ccccc1Cl. The zero-order chi connectivity index (χ0) is 18.6. The number of rotatable bonds is 6. The van der Waals surface area contributed by atoms with Gasteiger partial charge in [-0.2, -0.15) is 5.10 Å². The first-order chi connectivity index (χ1) is 13.2. The third kappa shape index (κ3) is 3.57. The summed E-state index contributed by atoms with van der Waals surface area (Å²) in [5, 5.41) is 13.7. The van der Waals surface area contributed by atoms with Crippen molar-refractivity contribution in [2.45, 2.75) is 13.5 Å². The second kappa shape index (κ2) is 7.63. The number of aromatic nitrogens is 4. The maximum atomic E-state index is 6.16. The molecule has 0 saturated carbocycles. The number of benzene rings is 2. The Hall–Kier alpha value is -3.12.